The van der Waals surface area contributed by atoms with Gasteiger partial charge in [-0.3, -0.25) is 4.79 Å². The number of amides is 1. The molecule has 4 rings (SSSR count). The molecule has 1 atom stereocenters. The predicted molar refractivity (Wildman–Crippen MR) is 107 cm³/mol. The number of nitrogens with zero attached hydrogens (tertiary/aromatic N) is 4. The highest BCUT2D eigenvalue weighted by molar-refractivity contribution is 5.89. The van der Waals surface area contributed by atoms with Crippen molar-refractivity contribution in [1.29, 1.82) is 0 Å². The monoisotopic (exact) mass is 448 g/mol. The molecule has 2 aromatic heterocycles. The molecule has 8 nitrogen and oxygen atoms in total. The number of carbonyl (C=O) groups excluding carboxylic acids is 1. The van der Waals surface area contributed by atoms with Gasteiger partial charge < -0.3 is 19.8 Å². The van der Waals surface area contributed by atoms with Crippen LogP contribution in [-0.4, -0.2) is 61.8 Å². The minimum Gasteiger partial charge on any atom is -0.406 e. The van der Waals surface area contributed by atoms with Crippen LogP contribution in [0, 0.1) is 0 Å². The van der Waals surface area contributed by atoms with Crippen LogP contribution in [0.4, 0.5) is 13.2 Å². The predicted octanol–water partition coefficient (Wildman–Crippen LogP) is 2.46. The maximum absolute atomic E-state index is 12.5. The Labute approximate surface area is 180 Å². The van der Waals surface area contributed by atoms with Gasteiger partial charge in [0.15, 0.2) is 5.65 Å². The second kappa shape index (κ2) is 8.24. The van der Waals surface area contributed by atoms with E-state index in [4.69, 9.17) is 0 Å². The minimum absolute atomic E-state index is 0.149. The van der Waals surface area contributed by atoms with E-state index in [9.17, 15) is 28.2 Å². The van der Waals surface area contributed by atoms with Crippen LogP contribution in [0.25, 0.3) is 16.7 Å². The molecular weight excluding hydrogens is 429 g/mol. The van der Waals surface area contributed by atoms with Crippen LogP contribution in [0.1, 0.15) is 23.3 Å². The molecule has 1 amide bonds. The highest BCUT2D eigenvalue weighted by atomic mass is 19.4. The first-order valence-corrected chi connectivity index (χ1v) is 9.65. The zero-order valence-electron chi connectivity index (χ0n) is 16.7. The van der Waals surface area contributed by atoms with Crippen LogP contribution >= 0.6 is 0 Å². The Bertz CT molecular complexity index is 1150. The Kier molecular flexibility index (Phi) is 5.61. The third-order valence-electron chi connectivity index (χ3n) is 5.23. The summed E-state index contributed by atoms with van der Waals surface area (Å²) < 4.78 is 42.7. The Hall–Kier alpha value is -3.44. The summed E-state index contributed by atoms with van der Waals surface area (Å²) in [5.74, 6) is -0.733. The summed E-state index contributed by atoms with van der Waals surface area (Å²) in [6, 6.07) is 6.71. The molecule has 0 unspecified atom stereocenters. The van der Waals surface area contributed by atoms with Crippen molar-refractivity contribution in [2.75, 3.05) is 19.7 Å². The Morgan fingerprint density at radius 1 is 1.28 bits per heavy atom. The number of fused-ring (bicyclic) bond motifs is 1. The third-order valence-corrected chi connectivity index (χ3v) is 5.23. The van der Waals surface area contributed by atoms with Crippen LogP contribution in [-0.2, 0) is 4.79 Å². The van der Waals surface area contributed by atoms with E-state index < -0.39 is 19.1 Å². The molecule has 0 bridgehead atoms. The van der Waals surface area contributed by atoms with Gasteiger partial charge in [0.2, 0.25) is 5.91 Å². The van der Waals surface area contributed by atoms with Gasteiger partial charge in [0.05, 0.1) is 18.0 Å². The molecular formula is C21H19F3N4O4. The number of likely N-dealkylation sites (tertiary alicyclic amines) is 1. The van der Waals surface area contributed by atoms with Gasteiger partial charge in [-0.05, 0) is 42.0 Å². The summed E-state index contributed by atoms with van der Waals surface area (Å²) in [7, 11) is 0. The summed E-state index contributed by atoms with van der Waals surface area (Å²) in [4.78, 5) is 17.8. The number of hydrogen-bond acceptors (Lipinski definition) is 6. The lowest BCUT2D eigenvalue weighted by atomic mass is 9.92. The Morgan fingerprint density at radius 3 is 2.56 bits per heavy atom. The van der Waals surface area contributed by atoms with Crippen LogP contribution in [0.3, 0.4) is 0 Å². The summed E-state index contributed by atoms with van der Waals surface area (Å²) in [6.45, 7) is 3.73. The molecule has 0 saturated carbocycles. The van der Waals surface area contributed by atoms with Gasteiger partial charge in [0.1, 0.15) is 11.9 Å². The molecule has 1 aliphatic heterocycles. The van der Waals surface area contributed by atoms with Crippen LogP contribution in [0.5, 0.6) is 5.75 Å². The van der Waals surface area contributed by atoms with Crippen molar-refractivity contribution in [2.45, 2.75) is 18.4 Å². The molecule has 0 radical (unpaired) electrons. The average molecular weight is 448 g/mol. The molecule has 1 aromatic carbocycles. The van der Waals surface area contributed by atoms with E-state index in [1.54, 1.807) is 11.0 Å². The molecule has 3 heterocycles. The standard InChI is InChI=1S/C21H19F3N4O4/c1-2-17(31)27-9-12(10-27)19-18-15(16(30)11-29)7-8-25-20(18)28(26-19)13-3-5-14(6-4-13)32-21(22,23)24/h2-8,12,16,29-30H,1,9-11H2/t16-/m0/s1. The largest absolute Gasteiger partial charge is 0.573 e. The molecule has 1 aliphatic rings. The summed E-state index contributed by atoms with van der Waals surface area (Å²) >= 11 is 0. The van der Waals surface area contributed by atoms with Gasteiger partial charge in [0, 0.05) is 30.6 Å². The smallest absolute Gasteiger partial charge is 0.406 e. The van der Waals surface area contributed by atoms with Gasteiger partial charge >= 0.3 is 6.36 Å². The maximum Gasteiger partial charge on any atom is 0.573 e. The van der Waals surface area contributed by atoms with Crippen molar-refractivity contribution >= 4 is 16.9 Å². The maximum atomic E-state index is 12.5. The molecule has 1 saturated heterocycles. The van der Waals surface area contributed by atoms with E-state index in [1.165, 1.54) is 29.1 Å². The molecule has 1 fully saturated rings. The van der Waals surface area contributed by atoms with E-state index in [1.807, 2.05) is 0 Å². The Morgan fingerprint density at radius 2 is 1.97 bits per heavy atom. The third kappa shape index (κ3) is 4.04. The molecule has 2 N–H and O–H groups in total. The van der Waals surface area contributed by atoms with E-state index in [-0.39, 0.29) is 17.6 Å². The lowest BCUT2D eigenvalue weighted by Gasteiger charge is -2.38. The number of pyridine rings is 1. The lowest BCUT2D eigenvalue weighted by Crippen LogP contribution is -2.48. The fraction of sp³-hybridized carbons (Fsp3) is 0.286. The normalized spacial score (nSPS) is 15.5. The number of halogens is 3. The van der Waals surface area contributed by atoms with Crippen molar-refractivity contribution in [3.63, 3.8) is 0 Å². The number of alkyl halides is 3. The number of carbonyl (C=O) groups is 1. The molecule has 0 aliphatic carbocycles. The summed E-state index contributed by atoms with van der Waals surface area (Å²) in [5, 5.41) is 24.9. The highest BCUT2D eigenvalue weighted by Gasteiger charge is 2.35. The van der Waals surface area contributed by atoms with E-state index in [0.29, 0.717) is 41.1 Å². The van der Waals surface area contributed by atoms with Crippen LogP contribution in [0.15, 0.2) is 49.2 Å². The number of aromatic nitrogens is 3. The van der Waals surface area contributed by atoms with Gasteiger partial charge in [-0.25, -0.2) is 9.67 Å². The van der Waals surface area contributed by atoms with Crippen molar-refractivity contribution in [3.8, 4) is 11.4 Å². The van der Waals surface area contributed by atoms with Crippen LogP contribution in [0.2, 0.25) is 0 Å². The van der Waals surface area contributed by atoms with Crippen molar-refractivity contribution in [1.82, 2.24) is 19.7 Å². The van der Waals surface area contributed by atoms with Crippen molar-refractivity contribution in [3.05, 3.63) is 60.4 Å². The van der Waals surface area contributed by atoms with E-state index >= 15 is 0 Å². The number of aliphatic hydroxyl groups is 2. The van der Waals surface area contributed by atoms with Gasteiger partial charge in [0.25, 0.3) is 0 Å². The second-order valence-corrected chi connectivity index (χ2v) is 7.28. The van der Waals surface area contributed by atoms with Crippen molar-refractivity contribution in [2.24, 2.45) is 0 Å². The lowest BCUT2D eigenvalue weighted by molar-refractivity contribution is -0.274. The number of ether oxygens (including phenoxy) is 1. The average Bonchev–Trinajstić information content (AvgIpc) is 3.11. The first kappa shape index (κ1) is 21.8. The fourth-order valence-corrected chi connectivity index (χ4v) is 3.68. The minimum atomic E-state index is -4.80. The first-order chi connectivity index (χ1) is 15.2. The van der Waals surface area contributed by atoms with E-state index in [2.05, 4.69) is 21.4 Å². The van der Waals surface area contributed by atoms with Gasteiger partial charge in [-0.15, -0.1) is 13.2 Å². The van der Waals surface area contributed by atoms with E-state index in [0.717, 1.165) is 12.1 Å². The van der Waals surface area contributed by atoms with Gasteiger partial charge in [-0.1, -0.05) is 6.58 Å². The SMILES string of the molecule is C=CC(=O)N1CC(c2nn(-c3ccc(OC(F)(F)F)cc3)c3nccc([C@@H](O)CO)c23)C1. The zero-order valence-corrected chi connectivity index (χ0v) is 16.7. The fourth-order valence-electron chi connectivity index (χ4n) is 3.68. The topological polar surface area (TPSA) is 101 Å². The molecule has 32 heavy (non-hydrogen) atoms. The quantitative estimate of drug-likeness (QED) is 0.562. The summed E-state index contributed by atoms with van der Waals surface area (Å²) in [6.07, 6.45) is -3.30. The van der Waals surface area contributed by atoms with Gasteiger partial charge in [-0.2, -0.15) is 5.10 Å². The zero-order chi connectivity index (χ0) is 23.0. The molecule has 11 heteroatoms. The number of hydrogen-bond donors (Lipinski definition) is 2. The first-order valence-electron chi connectivity index (χ1n) is 9.65. The Balaban J connectivity index is 1.77. The van der Waals surface area contributed by atoms with Crippen molar-refractivity contribution < 1.29 is 32.9 Å². The summed E-state index contributed by atoms with van der Waals surface area (Å²) in [5.41, 5.74) is 1.78. The number of benzene rings is 1. The molecule has 0 spiro atoms. The number of aliphatic hydroxyl groups excluding tert-OH is 2. The molecule has 3 aromatic rings. The number of rotatable bonds is 6. The highest BCUT2D eigenvalue weighted by Crippen LogP contribution is 2.36. The van der Waals surface area contributed by atoms with Crippen LogP contribution < -0.4 is 4.74 Å². The molecule has 168 valence electrons. The second-order valence-electron chi connectivity index (χ2n) is 7.28.